The summed E-state index contributed by atoms with van der Waals surface area (Å²) in [4.78, 5) is 28.2. The lowest BCUT2D eigenvalue weighted by Crippen LogP contribution is -2.28. The zero-order valence-electron chi connectivity index (χ0n) is 14.6. The van der Waals surface area contributed by atoms with Crippen LogP contribution >= 0.6 is 0 Å². The number of nitrogens with one attached hydrogen (secondary N) is 1. The smallest absolute Gasteiger partial charge is 0.359 e. The average Bonchev–Trinajstić information content (AvgIpc) is 3.07. The van der Waals surface area contributed by atoms with E-state index in [-0.39, 0.29) is 18.2 Å². The van der Waals surface area contributed by atoms with Gasteiger partial charge in [0.2, 0.25) is 0 Å². The third-order valence-electron chi connectivity index (χ3n) is 3.78. The second-order valence-corrected chi connectivity index (χ2v) is 5.80. The van der Waals surface area contributed by atoms with Gasteiger partial charge in [0.25, 0.3) is 5.91 Å². The van der Waals surface area contributed by atoms with Crippen LogP contribution in [0.1, 0.15) is 21.6 Å². The lowest BCUT2D eigenvalue weighted by Gasteiger charge is -2.07. The Morgan fingerprint density at radius 1 is 1.23 bits per heavy atom. The van der Waals surface area contributed by atoms with Crippen LogP contribution in [0.25, 0.3) is 5.65 Å². The van der Waals surface area contributed by atoms with E-state index in [9.17, 15) is 9.59 Å². The molecule has 7 heteroatoms. The molecular weight excluding hydrogens is 334 g/mol. The Balaban J connectivity index is 1.52. The minimum atomic E-state index is -0.636. The predicted molar refractivity (Wildman–Crippen MR) is 95.1 cm³/mol. The summed E-state index contributed by atoms with van der Waals surface area (Å²) in [6, 6.07) is 11.1. The van der Waals surface area contributed by atoms with Crippen molar-refractivity contribution in [3.05, 3.63) is 65.6 Å². The van der Waals surface area contributed by atoms with Crippen molar-refractivity contribution in [2.45, 2.75) is 13.5 Å². The number of esters is 1. The molecule has 0 aliphatic heterocycles. The van der Waals surface area contributed by atoms with Gasteiger partial charge >= 0.3 is 5.97 Å². The van der Waals surface area contributed by atoms with Crippen LogP contribution < -0.4 is 10.1 Å². The molecular formula is C19H19N3O4. The topological polar surface area (TPSA) is 81.9 Å². The third kappa shape index (κ3) is 4.18. The summed E-state index contributed by atoms with van der Waals surface area (Å²) < 4.78 is 11.9. The van der Waals surface area contributed by atoms with E-state index in [1.165, 1.54) is 0 Å². The number of nitrogens with zero attached hydrogens (tertiary/aromatic N) is 2. The van der Waals surface area contributed by atoms with Gasteiger partial charge in [0.1, 0.15) is 11.4 Å². The number of pyridine rings is 1. The van der Waals surface area contributed by atoms with Crippen LogP contribution in [0, 0.1) is 6.92 Å². The van der Waals surface area contributed by atoms with Gasteiger partial charge in [-0.1, -0.05) is 12.1 Å². The van der Waals surface area contributed by atoms with Crippen molar-refractivity contribution in [1.29, 1.82) is 0 Å². The molecule has 3 aromatic rings. The van der Waals surface area contributed by atoms with E-state index < -0.39 is 5.97 Å². The zero-order valence-corrected chi connectivity index (χ0v) is 14.6. The van der Waals surface area contributed by atoms with Crippen molar-refractivity contribution in [2.24, 2.45) is 0 Å². The maximum Gasteiger partial charge on any atom is 0.359 e. The SMILES string of the molecule is COc1cccc(CNC(=O)COC(=O)c2cn3ccc(C)cc3n2)c1. The van der Waals surface area contributed by atoms with E-state index in [0.717, 1.165) is 11.1 Å². The first-order chi connectivity index (χ1) is 12.5. The minimum Gasteiger partial charge on any atom is -0.497 e. The zero-order chi connectivity index (χ0) is 18.5. The number of aryl methyl sites for hydroxylation is 1. The maximum atomic E-state index is 12.1. The molecule has 0 unspecified atom stereocenters. The molecule has 26 heavy (non-hydrogen) atoms. The standard InChI is InChI=1S/C19H19N3O4/c1-13-6-7-22-11-16(21-17(22)8-13)19(24)26-12-18(23)20-10-14-4-3-5-15(9-14)25-2/h3-9,11H,10,12H2,1-2H3,(H,20,23). The van der Waals surface area contributed by atoms with Crippen LogP contribution in [0.5, 0.6) is 5.75 Å². The first-order valence-corrected chi connectivity index (χ1v) is 8.07. The maximum absolute atomic E-state index is 12.1. The summed E-state index contributed by atoms with van der Waals surface area (Å²) in [6.45, 7) is 1.90. The molecule has 0 radical (unpaired) electrons. The number of carbonyl (C=O) groups is 2. The summed E-state index contributed by atoms with van der Waals surface area (Å²) >= 11 is 0. The highest BCUT2D eigenvalue weighted by atomic mass is 16.5. The largest absolute Gasteiger partial charge is 0.497 e. The Morgan fingerprint density at radius 3 is 2.88 bits per heavy atom. The molecule has 2 heterocycles. The summed E-state index contributed by atoms with van der Waals surface area (Å²) in [5.41, 5.74) is 2.75. The monoisotopic (exact) mass is 353 g/mol. The number of hydrogen-bond donors (Lipinski definition) is 1. The Labute approximate surface area is 150 Å². The van der Waals surface area contributed by atoms with Crippen LogP contribution in [0.2, 0.25) is 0 Å². The first kappa shape index (κ1) is 17.5. The predicted octanol–water partition coefficient (Wildman–Crippen LogP) is 2.12. The van der Waals surface area contributed by atoms with Crippen LogP contribution in [0.15, 0.2) is 48.8 Å². The van der Waals surface area contributed by atoms with Crippen molar-refractivity contribution in [3.63, 3.8) is 0 Å². The van der Waals surface area contributed by atoms with Gasteiger partial charge in [0.05, 0.1) is 7.11 Å². The molecule has 1 aromatic carbocycles. The number of hydrogen-bond acceptors (Lipinski definition) is 5. The molecule has 0 atom stereocenters. The molecule has 0 saturated carbocycles. The molecule has 0 bridgehead atoms. The number of amides is 1. The molecule has 0 fully saturated rings. The number of ether oxygens (including phenoxy) is 2. The molecule has 3 rings (SSSR count). The van der Waals surface area contributed by atoms with E-state index in [4.69, 9.17) is 9.47 Å². The number of aromatic nitrogens is 2. The van der Waals surface area contributed by atoms with Crippen molar-refractivity contribution in [2.75, 3.05) is 13.7 Å². The number of rotatable bonds is 6. The van der Waals surface area contributed by atoms with Crippen molar-refractivity contribution >= 4 is 17.5 Å². The molecule has 0 aliphatic rings. The van der Waals surface area contributed by atoms with Crippen LogP contribution in [-0.2, 0) is 16.1 Å². The Morgan fingerprint density at radius 2 is 2.08 bits per heavy atom. The van der Waals surface area contributed by atoms with Gasteiger partial charge in [-0.3, -0.25) is 4.79 Å². The Hall–Kier alpha value is -3.35. The second-order valence-electron chi connectivity index (χ2n) is 5.80. The highest BCUT2D eigenvalue weighted by molar-refractivity contribution is 5.90. The third-order valence-corrected chi connectivity index (χ3v) is 3.78. The lowest BCUT2D eigenvalue weighted by molar-refractivity contribution is -0.124. The van der Waals surface area contributed by atoms with Crippen molar-refractivity contribution in [1.82, 2.24) is 14.7 Å². The van der Waals surface area contributed by atoms with Crippen LogP contribution in [0.3, 0.4) is 0 Å². The van der Waals surface area contributed by atoms with E-state index in [1.54, 1.807) is 17.7 Å². The lowest BCUT2D eigenvalue weighted by atomic mass is 10.2. The van der Waals surface area contributed by atoms with E-state index in [0.29, 0.717) is 17.9 Å². The molecule has 134 valence electrons. The molecule has 1 amide bonds. The minimum absolute atomic E-state index is 0.163. The summed E-state index contributed by atoms with van der Waals surface area (Å²) in [5.74, 6) is -0.311. The van der Waals surface area contributed by atoms with E-state index in [1.807, 2.05) is 49.5 Å². The molecule has 7 nitrogen and oxygen atoms in total. The van der Waals surface area contributed by atoms with Gasteiger partial charge in [-0.15, -0.1) is 0 Å². The number of imidazole rings is 1. The van der Waals surface area contributed by atoms with Gasteiger partial charge in [-0.2, -0.15) is 0 Å². The fourth-order valence-corrected chi connectivity index (χ4v) is 2.42. The second kappa shape index (κ2) is 7.69. The number of carbonyl (C=O) groups excluding carboxylic acids is 2. The van der Waals surface area contributed by atoms with E-state index >= 15 is 0 Å². The normalized spacial score (nSPS) is 10.5. The fourth-order valence-electron chi connectivity index (χ4n) is 2.42. The molecule has 0 aliphatic carbocycles. The summed E-state index contributed by atoms with van der Waals surface area (Å²) in [5, 5.41) is 2.69. The summed E-state index contributed by atoms with van der Waals surface area (Å²) in [7, 11) is 1.58. The highest BCUT2D eigenvalue weighted by Crippen LogP contribution is 2.12. The number of methoxy groups -OCH3 is 1. The Kier molecular flexibility index (Phi) is 5.17. The van der Waals surface area contributed by atoms with Crippen LogP contribution in [-0.4, -0.2) is 35.0 Å². The number of fused-ring (bicyclic) bond motifs is 1. The van der Waals surface area contributed by atoms with Crippen molar-refractivity contribution < 1.29 is 19.1 Å². The van der Waals surface area contributed by atoms with Crippen molar-refractivity contribution in [3.8, 4) is 5.75 Å². The van der Waals surface area contributed by atoms with E-state index in [2.05, 4.69) is 10.3 Å². The number of benzene rings is 1. The van der Waals surface area contributed by atoms with Gasteiger partial charge in [-0.05, 0) is 42.3 Å². The summed E-state index contributed by atoms with van der Waals surface area (Å²) in [6.07, 6.45) is 3.39. The highest BCUT2D eigenvalue weighted by Gasteiger charge is 2.14. The van der Waals surface area contributed by atoms with Crippen LogP contribution in [0.4, 0.5) is 0 Å². The van der Waals surface area contributed by atoms with Gasteiger partial charge < -0.3 is 19.2 Å². The van der Waals surface area contributed by atoms with Gasteiger partial charge in [0.15, 0.2) is 12.3 Å². The Bertz CT molecular complexity index is 949. The first-order valence-electron chi connectivity index (χ1n) is 8.07. The van der Waals surface area contributed by atoms with Gasteiger partial charge in [0, 0.05) is 18.9 Å². The quantitative estimate of drug-likeness (QED) is 0.687. The fraction of sp³-hybridized carbons (Fsp3) is 0.211. The molecule has 1 N–H and O–H groups in total. The van der Waals surface area contributed by atoms with Gasteiger partial charge in [-0.25, -0.2) is 9.78 Å². The molecule has 2 aromatic heterocycles. The molecule has 0 spiro atoms. The molecule has 0 saturated heterocycles. The average molecular weight is 353 g/mol.